The molecule has 2 heterocycles. The molecule has 6 rings (SSSR count). The molecule has 2 N–H and O–H groups in total. The first kappa shape index (κ1) is 90.3. The van der Waals surface area contributed by atoms with Crippen LogP contribution < -0.4 is 9.64 Å². The van der Waals surface area contributed by atoms with Crippen LogP contribution in [0.2, 0.25) is 0 Å². The van der Waals surface area contributed by atoms with E-state index in [1.165, 1.54) is 36.4 Å². The van der Waals surface area contributed by atoms with E-state index < -0.39 is 47.2 Å². The minimum absolute atomic E-state index is 0.0338. The van der Waals surface area contributed by atoms with Gasteiger partial charge < -0.3 is 90.5 Å². The van der Waals surface area contributed by atoms with Crippen molar-refractivity contribution in [2.45, 2.75) is 77.9 Å². The quantitative estimate of drug-likeness (QED) is 0.0248. The first-order valence-electron chi connectivity index (χ1n) is 35.8. The van der Waals surface area contributed by atoms with Crippen LogP contribution in [0.25, 0.3) is 0 Å². The summed E-state index contributed by atoms with van der Waals surface area (Å²) < 4.78 is 199. The lowest BCUT2D eigenvalue weighted by molar-refractivity contribution is -0.442. The molecule has 2 aliphatic heterocycles. The van der Waals surface area contributed by atoms with Gasteiger partial charge in [0.1, 0.15) is 18.1 Å². The number of methoxy groups -OCH3 is 3. The van der Waals surface area contributed by atoms with Crippen LogP contribution in [0, 0.1) is 0 Å². The molecular weight excluding hydrogens is 1460 g/mol. The van der Waals surface area contributed by atoms with Gasteiger partial charge in [0.2, 0.25) is 5.69 Å². The molecule has 107 heavy (non-hydrogen) atoms. The summed E-state index contributed by atoms with van der Waals surface area (Å²) in [4.78, 5) is 12.5. The molecule has 0 fully saturated rings. The summed E-state index contributed by atoms with van der Waals surface area (Å²) in [7, 11) is -5.90. The summed E-state index contributed by atoms with van der Waals surface area (Å²) in [5.74, 6) is -0.231. The van der Waals surface area contributed by atoms with E-state index in [1.807, 2.05) is 38.2 Å². The van der Waals surface area contributed by atoms with Gasteiger partial charge in [-0.05, 0) is 129 Å². The van der Waals surface area contributed by atoms with Gasteiger partial charge in [0.05, 0.1) is 213 Å². The maximum atomic E-state index is 13.5. The van der Waals surface area contributed by atoms with Gasteiger partial charge in [0, 0.05) is 75.6 Å². The molecule has 0 saturated heterocycles. The van der Waals surface area contributed by atoms with E-state index in [9.17, 15) is 34.6 Å². The molecule has 602 valence electrons. The minimum Gasteiger partial charge on any atom is -0.481 e. The van der Waals surface area contributed by atoms with Gasteiger partial charge in [-0.1, -0.05) is 6.08 Å². The Bertz CT molecular complexity index is 3660. The molecular formula is C74H111N2O28S3+. The van der Waals surface area contributed by atoms with Crippen LogP contribution in [0.4, 0.5) is 11.4 Å². The lowest BCUT2D eigenvalue weighted by Gasteiger charge is -2.31. The summed E-state index contributed by atoms with van der Waals surface area (Å²) >= 11 is 0. The van der Waals surface area contributed by atoms with E-state index >= 15 is 0 Å². The lowest BCUT2D eigenvalue weighted by atomic mass is 9.76. The van der Waals surface area contributed by atoms with E-state index in [2.05, 4.69) is 9.48 Å². The van der Waals surface area contributed by atoms with Crippen molar-refractivity contribution in [3.63, 3.8) is 0 Å². The Hall–Kier alpha value is -5.55. The Balaban J connectivity index is 1.43. The van der Waals surface area contributed by atoms with Crippen molar-refractivity contribution in [2.75, 3.05) is 245 Å². The SMILES string of the molecule is COCCOCCOCCOCC[N+]1=C(C=CC2=C(Oc3ccc(S(=O)(=O)O)cc3)C(=CC=C3N(CCOCCOCCOCCOCCC(=O)O)c4ccc(S(=O)(=O)OC)cc4C3(C)CCOCCOCCOCCOC)CCC2)C(C)(CCOCCOCCOCCOC)c2cc(S(=O)(=O)OC)ccc21. The largest absolute Gasteiger partial charge is 0.481 e. The van der Waals surface area contributed by atoms with Crippen LogP contribution in [0.1, 0.15) is 63.5 Å². The molecule has 2 atom stereocenters. The Morgan fingerprint density at radius 3 is 1.36 bits per heavy atom. The molecule has 3 aromatic rings. The average molecular weight is 1570 g/mol. The summed E-state index contributed by atoms with van der Waals surface area (Å²) in [6, 6.07) is 15.3. The van der Waals surface area contributed by atoms with E-state index in [-0.39, 0.29) is 113 Å². The number of carboxylic acids is 1. The number of nitrogens with zero attached hydrogens (tertiary/aromatic N) is 2. The van der Waals surface area contributed by atoms with E-state index in [1.54, 1.807) is 45.6 Å². The Morgan fingerprint density at radius 1 is 0.477 bits per heavy atom. The van der Waals surface area contributed by atoms with Gasteiger partial charge in [-0.2, -0.15) is 29.8 Å². The van der Waals surface area contributed by atoms with E-state index in [0.29, 0.717) is 168 Å². The first-order valence-corrected chi connectivity index (χ1v) is 40.0. The molecule has 0 saturated carbocycles. The summed E-state index contributed by atoms with van der Waals surface area (Å²) in [5, 5.41) is 8.84. The smallest absolute Gasteiger partial charge is 0.305 e. The number of fused-ring (bicyclic) bond motifs is 2. The highest BCUT2D eigenvalue weighted by atomic mass is 32.2. The molecule has 0 aromatic heterocycles. The van der Waals surface area contributed by atoms with Gasteiger partial charge in [0.25, 0.3) is 30.4 Å². The number of allylic oxidation sites excluding steroid dienone is 7. The van der Waals surface area contributed by atoms with Gasteiger partial charge in [-0.25, -0.2) is 0 Å². The normalized spacial score (nSPS) is 17.8. The Morgan fingerprint density at radius 2 is 0.897 bits per heavy atom. The van der Waals surface area contributed by atoms with Crippen LogP contribution in [-0.4, -0.2) is 291 Å². The standard InChI is InChI=1S/C74H110N2O28S3/c1-73(24-29-92-40-45-100-52-49-96-36-33-86-3)65-57-63(106(82,83)89-6)17-19-67(65)75(26-31-94-42-47-102-54-51-98-38-35-88-5)69(73)21-11-59-9-8-10-60(72(59)104-61-13-15-62(16-14-61)105(79,80)81)12-22-70-74(2,25-30-93-41-46-101-53-50-97-37-34-87-4)66-58-64(107(84,85)90-7)18-20-68(66)76(70)27-32-95-43-48-103-56-55-99-44-39-91-28-23-71(77)78/h11-22,57-58H,8-10,23-56H2,1-7H3,(H-,77,78,79,80,81)/p+1. The number of hydrogen-bond donors (Lipinski definition) is 2. The molecule has 0 amide bonds. The number of anilines is 1. The molecule has 30 nitrogen and oxygen atoms in total. The fourth-order valence-electron chi connectivity index (χ4n) is 11.9. The van der Waals surface area contributed by atoms with Crippen molar-refractivity contribution >= 4 is 53.4 Å². The Labute approximate surface area is 630 Å². The second-order valence-electron chi connectivity index (χ2n) is 24.9. The second kappa shape index (κ2) is 49.0. The van der Waals surface area contributed by atoms with Crippen LogP contribution >= 0.6 is 0 Å². The first-order chi connectivity index (χ1) is 51.7. The topological polar surface area (TPSA) is 342 Å². The molecule has 0 spiro atoms. The van der Waals surface area contributed by atoms with Crippen LogP contribution in [0.15, 0.2) is 122 Å². The average Bonchev–Trinajstić information content (AvgIpc) is 1.59. The summed E-state index contributed by atoms with van der Waals surface area (Å²) in [5.41, 5.74) is 4.03. The van der Waals surface area contributed by atoms with Crippen LogP contribution in [0.3, 0.4) is 0 Å². The molecule has 0 bridgehead atoms. The highest BCUT2D eigenvalue weighted by Crippen LogP contribution is 2.51. The maximum absolute atomic E-state index is 13.5. The van der Waals surface area contributed by atoms with Crippen molar-refractivity contribution in [3.05, 3.63) is 119 Å². The maximum Gasteiger partial charge on any atom is 0.305 e. The Kier molecular flexibility index (Phi) is 41.3. The van der Waals surface area contributed by atoms with Gasteiger partial charge in [-0.15, -0.1) is 0 Å². The van der Waals surface area contributed by atoms with Crippen molar-refractivity contribution < 1.29 is 133 Å². The molecule has 0 radical (unpaired) electrons. The third-order valence-electron chi connectivity index (χ3n) is 17.7. The van der Waals surface area contributed by atoms with Crippen molar-refractivity contribution in [1.29, 1.82) is 0 Å². The molecule has 2 unspecified atom stereocenters. The van der Waals surface area contributed by atoms with Crippen molar-refractivity contribution in [2.24, 2.45) is 0 Å². The highest BCUT2D eigenvalue weighted by molar-refractivity contribution is 7.87. The number of carbonyl (C=O) groups is 1. The summed E-state index contributed by atoms with van der Waals surface area (Å²) in [6.45, 7) is 14.0. The number of hydrogen-bond acceptors (Lipinski definition) is 27. The van der Waals surface area contributed by atoms with Gasteiger partial charge in [-0.3, -0.25) is 17.7 Å². The minimum atomic E-state index is -4.58. The number of ether oxygens (including phenoxy) is 17. The van der Waals surface area contributed by atoms with Gasteiger partial charge >= 0.3 is 5.97 Å². The fourth-order valence-corrected chi connectivity index (χ4v) is 13.8. The fraction of sp³-hybridized carbons (Fsp3) is 0.622. The second-order valence-corrected chi connectivity index (χ2v) is 29.7. The lowest BCUT2D eigenvalue weighted by Crippen LogP contribution is -2.33. The van der Waals surface area contributed by atoms with E-state index in [4.69, 9.17) is 94.0 Å². The zero-order valence-corrected chi connectivity index (χ0v) is 65.3. The molecule has 3 aliphatic rings. The van der Waals surface area contributed by atoms with E-state index in [0.717, 1.165) is 48.1 Å². The predicted octanol–water partition coefficient (Wildman–Crippen LogP) is 7.03. The van der Waals surface area contributed by atoms with Crippen LogP contribution in [-0.2, 0) is 130 Å². The number of aliphatic carboxylic acids is 1. The van der Waals surface area contributed by atoms with Crippen LogP contribution in [0.5, 0.6) is 5.75 Å². The zero-order chi connectivity index (χ0) is 77.2. The monoisotopic (exact) mass is 1570 g/mol. The third-order valence-corrected chi connectivity index (χ3v) is 21.1. The molecule has 1 aliphatic carbocycles. The number of benzene rings is 3. The molecule has 3 aromatic carbocycles. The number of rotatable bonds is 61. The summed E-state index contributed by atoms with van der Waals surface area (Å²) in [6.07, 6.45) is 10.3. The number of carboxylic acid groups (broad SMARTS) is 1. The van der Waals surface area contributed by atoms with Crippen molar-refractivity contribution in [1.82, 2.24) is 0 Å². The zero-order valence-electron chi connectivity index (χ0n) is 62.9. The van der Waals surface area contributed by atoms with Crippen molar-refractivity contribution in [3.8, 4) is 5.75 Å². The molecule has 33 heteroatoms. The highest BCUT2D eigenvalue weighted by Gasteiger charge is 2.49. The predicted molar refractivity (Wildman–Crippen MR) is 394 cm³/mol. The third kappa shape index (κ3) is 29.9. The van der Waals surface area contributed by atoms with Gasteiger partial charge in [0.15, 0.2) is 12.3 Å².